The summed E-state index contributed by atoms with van der Waals surface area (Å²) in [5.41, 5.74) is 0. The Morgan fingerprint density at radius 3 is 1.30 bits per heavy atom. The van der Waals surface area contributed by atoms with E-state index >= 15 is 0 Å². The highest BCUT2D eigenvalue weighted by atomic mass is 79.9. The highest BCUT2D eigenvalue weighted by molar-refractivity contribution is 4.82. The normalized spacial score (nSPS) is 41.4. The fraction of sp³-hybridized carbons (Fsp3) is 1.00. The van der Waals surface area contributed by atoms with Gasteiger partial charge in [0.1, 0.15) is 0 Å². The summed E-state index contributed by atoms with van der Waals surface area (Å²) in [6, 6.07) is 2.05. The third-order valence-electron chi connectivity index (χ3n) is 3.55. The van der Waals surface area contributed by atoms with E-state index in [1.165, 1.54) is 30.2 Å². The van der Waals surface area contributed by atoms with Gasteiger partial charge >= 0.3 is 0 Å². The molecule has 0 amide bonds. The van der Waals surface area contributed by atoms with Crippen LogP contribution in [0.4, 0.5) is 0 Å². The fourth-order valence-corrected chi connectivity index (χ4v) is 2.69. The summed E-state index contributed by atoms with van der Waals surface area (Å²) in [5, 5.41) is 0. The lowest BCUT2D eigenvalue weighted by Gasteiger charge is -2.29. The topological polar surface area (TPSA) is 0 Å². The van der Waals surface area contributed by atoms with Crippen LogP contribution >= 0.6 is 0 Å². The van der Waals surface area contributed by atoms with Crippen molar-refractivity contribution in [2.45, 2.75) is 37.8 Å². The van der Waals surface area contributed by atoms with Gasteiger partial charge < -0.3 is 21.5 Å². The molecule has 2 heteroatoms. The third kappa shape index (κ3) is 0.928. The van der Waals surface area contributed by atoms with Crippen LogP contribution in [0.25, 0.3) is 0 Å². The zero-order valence-electron chi connectivity index (χ0n) is 6.81. The van der Waals surface area contributed by atoms with E-state index in [1.54, 1.807) is 0 Å². The van der Waals surface area contributed by atoms with E-state index in [4.69, 9.17) is 0 Å². The van der Waals surface area contributed by atoms with Gasteiger partial charge in [-0.2, -0.15) is 0 Å². The molecule has 0 unspecified atom stereocenters. The Morgan fingerprint density at radius 2 is 1.20 bits per heavy atom. The maximum absolute atomic E-state index is 2.40. The standard InChI is InChI=1S/C8H16N.BrH/c1-9(2)7-3-4-8(9)6-5-7;/h7-8H,3-6H2,1-2H3;1H/q+1;/p-1. The number of hydrogen-bond donors (Lipinski definition) is 0. The van der Waals surface area contributed by atoms with E-state index in [1.807, 2.05) is 0 Å². The lowest BCUT2D eigenvalue weighted by atomic mass is 10.0. The monoisotopic (exact) mass is 205 g/mol. The zero-order chi connectivity index (χ0) is 6.48. The van der Waals surface area contributed by atoms with Gasteiger partial charge in [-0.3, -0.25) is 0 Å². The predicted octanol–water partition coefficient (Wildman–Crippen LogP) is -1.61. The number of nitrogens with zero attached hydrogens (tertiary/aromatic N) is 1. The van der Waals surface area contributed by atoms with Crippen molar-refractivity contribution in [3.8, 4) is 0 Å². The van der Waals surface area contributed by atoms with Crippen LogP contribution < -0.4 is 17.0 Å². The average Bonchev–Trinajstić information content (AvgIpc) is 2.24. The van der Waals surface area contributed by atoms with E-state index in [0.29, 0.717) is 0 Å². The predicted molar refractivity (Wildman–Crippen MR) is 38.2 cm³/mol. The van der Waals surface area contributed by atoms with E-state index in [2.05, 4.69) is 14.1 Å². The second kappa shape index (κ2) is 2.49. The SMILES string of the molecule is C[N+]1(C)C2CCC1CC2.[Br-]. The van der Waals surface area contributed by atoms with Crippen LogP contribution in [0.2, 0.25) is 0 Å². The Bertz CT molecular complexity index is 111. The Balaban J connectivity index is 0.000000500. The summed E-state index contributed by atoms with van der Waals surface area (Å²) in [7, 11) is 4.80. The molecule has 2 aliphatic rings. The van der Waals surface area contributed by atoms with Gasteiger partial charge in [-0.1, -0.05) is 0 Å². The van der Waals surface area contributed by atoms with Crippen molar-refractivity contribution in [3.63, 3.8) is 0 Å². The quantitative estimate of drug-likeness (QED) is 0.418. The highest BCUT2D eigenvalue weighted by Gasteiger charge is 2.48. The minimum absolute atomic E-state index is 0. The molecule has 0 aliphatic carbocycles. The third-order valence-corrected chi connectivity index (χ3v) is 3.55. The van der Waals surface area contributed by atoms with E-state index < -0.39 is 0 Å². The van der Waals surface area contributed by atoms with Gasteiger partial charge in [0, 0.05) is 25.7 Å². The summed E-state index contributed by atoms with van der Waals surface area (Å²) in [6.45, 7) is 0. The molecule has 2 heterocycles. The molecule has 60 valence electrons. The maximum Gasteiger partial charge on any atom is 0.0892 e. The number of fused-ring (bicyclic) bond motifs is 2. The van der Waals surface area contributed by atoms with Gasteiger partial charge in [0.05, 0.1) is 26.2 Å². The first-order valence-corrected chi connectivity index (χ1v) is 4.04. The summed E-state index contributed by atoms with van der Waals surface area (Å²) < 4.78 is 1.33. The minimum Gasteiger partial charge on any atom is -1.00 e. The van der Waals surface area contributed by atoms with Crippen molar-refractivity contribution in [3.05, 3.63) is 0 Å². The molecule has 2 saturated heterocycles. The lowest BCUT2D eigenvalue weighted by molar-refractivity contribution is -0.911. The number of hydrogen-bond acceptors (Lipinski definition) is 0. The van der Waals surface area contributed by atoms with Gasteiger partial charge in [-0.25, -0.2) is 0 Å². The Morgan fingerprint density at radius 1 is 0.900 bits per heavy atom. The lowest BCUT2D eigenvalue weighted by Crippen LogP contribution is -3.00. The van der Waals surface area contributed by atoms with Crippen LogP contribution in [0, 0.1) is 0 Å². The number of halogens is 1. The van der Waals surface area contributed by atoms with Crippen LogP contribution in [-0.2, 0) is 0 Å². The average molecular weight is 206 g/mol. The molecule has 0 radical (unpaired) electrons. The molecule has 2 rings (SSSR count). The van der Waals surface area contributed by atoms with Crippen LogP contribution in [0.15, 0.2) is 0 Å². The Labute approximate surface area is 73.8 Å². The second-order valence-electron chi connectivity index (χ2n) is 4.09. The van der Waals surface area contributed by atoms with Gasteiger partial charge in [0.25, 0.3) is 0 Å². The minimum atomic E-state index is 0. The molecule has 0 atom stereocenters. The van der Waals surface area contributed by atoms with E-state index in [9.17, 15) is 0 Å². The molecule has 0 aromatic carbocycles. The molecule has 0 aromatic rings. The molecule has 0 spiro atoms. The van der Waals surface area contributed by atoms with Crippen molar-refractivity contribution in [1.29, 1.82) is 0 Å². The molecule has 10 heavy (non-hydrogen) atoms. The van der Waals surface area contributed by atoms with Crippen molar-refractivity contribution in [1.82, 2.24) is 0 Å². The van der Waals surface area contributed by atoms with Gasteiger partial charge in [-0.05, 0) is 0 Å². The summed E-state index contributed by atoms with van der Waals surface area (Å²) in [6.07, 6.45) is 5.99. The zero-order valence-corrected chi connectivity index (χ0v) is 8.39. The largest absolute Gasteiger partial charge is 1.00 e. The molecule has 2 bridgehead atoms. The van der Waals surface area contributed by atoms with Crippen LogP contribution in [0.3, 0.4) is 0 Å². The molecule has 0 N–H and O–H groups in total. The van der Waals surface area contributed by atoms with Crippen LogP contribution in [0.1, 0.15) is 25.7 Å². The maximum atomic E-state index is 2.40. The number of rotatable bonds is 0. The van der Waals surface area contributed by atoms with Gasteiger partial charge in [0.15, 0.2) is 0 Å². The molecule has 0 aromatic heterocycles. The molecule has 2 aliphatic heterocycles. The first kappa shape index (κ1) is 8.54. The Hall–Kier alpha value is 0.440. The summed E-state index contributed by atoms with van der Waals surface area (Å²) in [4.78, 5) is 0. The molecule has 0 saturated carbocycles. The fourth-order valence-electron chi connectivity index (χ4n) is 2.69. The molecular formula is C8H16BrN. The number of quaternary nitrogens is 1. The van der Waals surface area contributed by atoms with Crippen molar-refractivity contribution in [2.24, 2.45) is 0 Å². The first-order chi connectivity index (χ1) is 4.21. The van der Waals surface area contributed by atoms with Gasteiger partial charge in [0.2, 0.25) is 0 Å². The Kier molecular flexibility index (Phi) is 2.12. The van der Waals surface area contributed by atoms with Gasteiger partial charge in [-0.15, -0.1) is 0 Å². The van der Waals surface area contributed by atoms with E-state index in [-0.39, 0.29) is 17.0 Å². The van der Waals surface area contributed by atoms with Crippen molar-refractivity contribution in [2.75, 3.05) is 14.1 Å². The molecular weight excluding hydrogens is 190 g/mol. The van der Waals surface area contributed by atoms with Crippen LogP contribution in [-0.4, -0.2) is 30.7 Å². The second-order valence-corrected chi connectivity index (χ2v) is 4.09. The molecule has 1 nitrogen and oxygen atoms in total. The molecule has 2 fully saturated rings. The first-order valence-electron chi connectivity index (χ1n) is 4.04. The summed E-state index contributed by atoms with van der Waals surface area (Å²) in [5.74, 6) is 0. The summed E-state index contributed by atoms with van der Waals surface area (Å²) >= 11 is 0. The smallest absolute Gasteiger partial charge is 0.0892 e. The van der Waals surface area contributed by atoms with Crippen molar-refractivity contribution < 1.29 is 21.5 Å². The van der Waals surface area contributed by atoms with Crippen molar-refractivity contribution >= 4 is 0 Å². The van der Waals surface area contributed by atoms with Crippen LogP contribution in [0.5, 0.6) is 0 Å². The van der Waals surface area contributed by atoms with E-state index in [0.717, 1.165) is 12.1 Å². The highest BCUT2D eigenvalue weighted by Crippen LogP contribution is 2.41.